The normalized spacial score (nSPS) is 11.8. The molecule has 112 valence electrons. The summed E-state index contributed by atoms with van der Waals surface area (Å²) in [5.41, 5.74) is 0.986. The fourth-order valence-corrected chi connectivity index (χ4v) is 2.19. The van der Waals surface area contributed by atoms with Crippen molar-refractivity contribution in [3.05, 3.63) is 58.8 Å². The van der Waals surface area contributed by atoms with E-state index in [9.17, 15) is 18.1 Å². The van der Waals surface area contributed by atoms with Gasteiger partial charge < -0.3 is 0 Å². The first-order valence-electron chi connectivity index (χ1n) is 6.29. The Kier molecular flexibility index (Phi) is 3.36. The van der Waals surface area contributed by atoms with Gasteiger partial charge in [0, 0.05) is 17.3 Å². The summed E-state index contributed by atoms with van der Waals surface area (Å²) in [5, 5.41) is 6.86. The van der Waals surface area contributed by atoms with Gasteiger partial charge in [0.15, 0.2) is 5.65 Å². The third-order valence-electron chi connectivity index (χ3n) is 3.19. The molecule has 5 nitrogen and oxygen atoms in total. The highest BCUT2D eigenvalue weighted by Gasteiger charge is 2.30. The standard InChI is InChI=1S/C14H9F3N4O/c15-14(16,17)11-3-1-2-9(6-11)12-4-5-18-13-10(8-20-22)7-19-21(12)13/h1-7H,8H2. The fraction of sp³-hybridized carbons (Fsp3) is 0.143. The summed E-state index contributed by atoms with van der Waals surface area (Å²) in [7, 11) is 0. The summed E-state index contributed by atoms with van der Waals surface area (Å²) >= 11 is 0. The molecule has 0 amide bonds. The smallest absolute Gasteiger partial charge is 0.237 e. The van der Waals surface area contributed by atoms with Gasteiger partial charge in [0.2, 0.25) is 0 Å². The Balaban J connectivity index is 2.17. The lowest BCUT2D eigenvalue weighted by atomic mass is 10.1. The molecule has 0 saturated heterocycles. The van der Waals surface area contributed by atoms with E-state index in [2.05, 4.69) is 15.3 Å². The van der Waals surface area contributed by atoms with Gasteiger partial charge in [-0.2, -0.15) is 23.2 Å². The number of hydrogen-bond acceptors (Lipinski definition) is 4. The van der Waals surface area contributed by atoms with E-state index in [0.29, 0.717) is 22.5 Å². The second kappa shape index (κ2) is 5.21. The molecule has 0 saturated carbocycles. The van der Waals surface area contributed by atoms with E-state index in [4.69, 9.17) is 0 Å². The molecule has 3 rings (SSSR count). The second-order valence-corrected chi connectivity index (χ2v) is 4.60. The number of halogens is 3. The minimum atomic E-state index is -4.42. The average Bonchev–Trinajstić information content (AvgIpc) is 2.90. The van der Waals surface area contributed by atoms with E-state index in [1.807, 2.05) is 0 Å². The largest absolute Gasteiger partial charge is 0.416 e. The van der Waals surface area contributed by atoms with Crippen LogP contribution in [0.3, 0.4) is 0 Å². The van der Waals surface area contributed by atoms with Crippen molar-refractivity contribution in [2.45, 2.75) is 12.7 Å². The van der Waals surface area contributed by atoms with Gasteiger partial charge in [-0.15, -0.1) is 0 Å². The van der Waals surface area contributed by atoms with Crippen molar-refractivity contribution >= 4 is 5.65 Å². The molecule has 0 bridgehead atoms. The van der Waals surface area contributed by atoms with Gasteiger partial charge in [0.25, 0.3) is 0 Å². The first kappa shape index (κ1) is 14.2. The molecule has 2 heterocycles. The SMILES string of the molecule is O=NCc1cnn2c(-c3cccc(C(F)(F)F)c3)ccnc12. The summed E-state index contributed by atoms with van der Waals surface area (Å²) in [6.07, 6.45) is -1.53. The molecular weight excluding hydrogens is 297 g/mol. The van der Waals surface area contributed by atoms with Gasteiger partial charge >= 0.3 is 6.18 Å². The maximum absolute atomic E-state index is 12.8. The summed E-state index contributed by atoms with van der Waals surface area (Å²) in [5.74, 6) is 0. The first-order chi connectivity index (χ1) is 10.5. The van der Waals surface area contributed by atoms with Crippen LogP contribution in [0.2, 0.25) is 0 Å². The molecule has 0 aliphatic heterocycles. The number of fused-ring (bicyclic) bond motifs is 1. The van der Waals surface area contributed by atoms with Crippen molar-refractivity contribution in [2.24, 2.45) is 5.18 Å². The molecule has 0 fully saturated rings. The van der Waals surface area contributed by atoms with Crippen LogP contribution in [0, 0.1) is 4.91 Å². The van der Waals surface area contributed by atoms with Crippen molar-refractivity contribution in [3.63, 3.8) is 0 Å². The summed E-state index contributed by atoms with van der Waals surface area (Å²) in [6.45, 7) is -0.0947. The van der Waals surface area contributed by atoms with E-state index in [1.54, 1.807) is 12.1 Å². The number of nitrogens with zero attached hydrogens (tertiary/aromatic N) is 4. The van der Waals surface area contributed by atoms with Crippen molar-refractivity contribution in [2.75, 3.05) is 0 Å². The fourth-order valence-electron chi connectivity index (χ4n) is 2.19. The van der Waals surface area contributed by atoms with Gasteiger partial charge in [0.1, 0.15) is 6.54 Å². The van der Waals surface area contributed by atoms with Crippen molar-refractivity contribution in [1.82, 2.24) is 14.6 Å². The van der Waals surface area contributed by atoms with Crippen LogP contribution in [0.25, 0.3) is 16.9 Å². The topological polar surface area (TPSA) is 59.6 Å². The van der Waals surface area contributed by atoms with Gasteiger partial charge in [-0.25, -0.2) is 9.50 Å². The van der Waals surface area contributed by atoms with Crippen LogP contribution in [-0.4, -0.2) is 14.6 Å². The summed E-state index contributed by atoms with van der Waals surface area (Å²) in [6, 6.07) is 6.51. The van der Waals surface area contributed by atoms with Gasteiger partial charge in [-0.1, -0.05) is 17.3 Å². The Bertz CT molecular complexity index is 841. The number of rotatable bonds is 3. The van der Waals surface area contributed by atoms with E-state index >= 15 is 0 Å². The Hall–Kier alpha value is -2.77. The van der Waals surface area contributed by atoms with Crippen LogP contribution in [0.4, 0.5) is 13.2 Å². The van der Waals surface area contributed by atoms with Crippen LogP contribution in [0.5, 0.6) is 0 Å². The number of aromatic nitrogens is 3. The zero-order chi connectivity index (χ0) is 15.7. The van der Waals surface area contributed by atoms with E-state index in [1.165, 1.54) is 23.0 Å². The van der Waals surface area contributed by atoms with Crippen molar-refractivity contribution in [3.8, 4) is 11.3 Å². The average molecular weight is 306 g/mol. The van der Waals surface area contributed by atoms with E-state index in [0.717, 1.165) is 12.1 Å². The monoisotopic (exact) mass is 306 g/mol. The molecule has 0 spiro atoms. The van der Waals surface area contributed by atoms with Gasteiger partial charge in [-0.3, -0.25) is 0 Å². The number of hydrogen-bond donors (Lipinski definition) is 0. The molecule has 0 N–H and O–H groups in total. The quantitative estimate of drug-likeness (QED) is 0.693. The number of benzene rings is 1. The molecular formula is C14H9F3N4O. The summed E-state index contributed by atoms with van der Waals surface area (Å²) in [4.78, 5) is 14.5. The molecule has 2 aromatic heterocycles. The Morgan fingerprint density at radius 2 is 2.05 bits per heavy atom. The predicted molar refractivity (Wildman–Crippen MR) is 72.9 cm³/mol. The molecule has 0 atom stereocenters. The lowest BCUT2D eigenvalue weighted by Crippen LogP contribution is -2.05. The highest BCUT2D eigenvalue weighted by Crippen LogP contribution is 2.32. The summed E-state index contributed by atoms with van der Waals surface area (Å²) < 4.78 is 39.9. The molecule has 0 aliphatic carbocycles. The van der Waals surface area contributed by atoms with Crippen LogP contribution < -0.4 is 0 Å². The molecule has 0 aliphatic rings. The maximum Gasteiger partial charge on any atom is 0.416 e. The second-order valence-electron chi connectivity index (χ2n) is 4.60. The van der Waals surface area contributed by atoms with Crippen LogP contribution in [0.15, 0.2) is 47.9 Å². The molecule has 22 heavy (non-hydrogen) atoms. The lowest BCUT2D eigenvalue weighted by molar-refractivity contribution is -0.137. The van der Waals surface area contributed by atoms with E-state index < -0.39 is 11.7 Å². The van der Waals surface area contributed by atoms with Gasteiger partial charge in [0.05, 0.1) is 17.5 Å². The van der Waals surface area contributed by atoms with Crippen LogP contribution in [-0.2, 0) is 12.7 Å². The molecule has 0 unspecified atom stereocenters. The third kappa shape index (κ3) is 2.43. The highest BCUT2D eigenvalue weighted by molar-refractivity contribution is 5.64. The Morgan fingerprint density at radius 1 is 1.23 bits per heavy atom. The Morgan fingerprint density at radius 3 is 2.77 bits per heavy atom. The number of alkyl halides is 3. The van der Waals surface area contributed by atoms with Crippen molar-refractivity contribution in [1.29, 1.82) is 0 Å². The van der Waals surface area contributed by atoms with Crippen LogP contribution >= 0.6 is 0 Å². The third-order valence-corrected chi connectivity index (χ3v) is 3.19. The minimum absolute atomic E-state index is 0.0947. The Labute approximate surface area is 122 Å². The van der Waals surface area contributed by atoms with E-state index in [-0.39, 0.29) is 6.54 Å². The van der Waals surface area contributed by atoms with Gasteiger partial charge in [-0.05, 0) is 18.2 Å². The molecule has 1 aromatic carbocycles. The minimum Gasteiger partial charge on any atom is -0.237 e. The first-order valence-corrected chi connectivity index (χ1v) is 6.29. The highest BCUT2D eigenvalue weighted by atomic mass is 19.4. The lowest BCUT2D eigenvalue weighted by Gasteiger charge is -2.09. The molecule has 8 heteroatoms. The maximum atomic E-state index is 12.8. The number of nitroso groups, excluding NO2 is 1. The molecule has 0 radical (unpaired) electrons. The van der Waals surface area contributed by atoms with Crippen molar-refractivity contribution < 1.29 is 13.2 Å². The van der Waals surface area contributed by atoms with Crippen LogP contribution in [0.1, 0.15) is 11.1 Å². The predicted octanol–water partition coefficient (Wildman–Crippen LogP) is 3.68. The zero-order valence-electron chi connectivity index (χ0n) is 11.1. The molecule has 3 aromatic rings. The zero-order valence-corrected chi connectivity index (χ0v) is 11.1.